The molecule has 1 saturated carbocycles. The Morgan fingerprint density at radius 3 is 2.79 bits per heavy atom. The number of rotatable bonds is 8. The molecule has 1 aromatic rings. The summed E-state index contributed by atoms with van der Waals surface area (Å²) in [6.07, 6.45) is 3.37. The van der Waals surface area contributed by atoms with E-state index in [-0.39, 0.29) is 6.79 Å². The van der Waals surface area contributed by atoms with Gasteiger partial charge in [0.15, 0.2) is 18.3 Å². The molecule has 0 bridgehead atoms. The first-order valence-corrected chi connectivity index (χ1v) is 7.31. The molecule has 4 nitrogen and oxygen atoms in total. The van der Waals surface area contributed by atoms with Gasteiger partial charge in [0, 0.05) is 0 Å². The van der Waals surface area contributed by atoms with Crippen LogP contribution >= 0.6 is 15.9 Å². The average molecular weight is 330 g/mol. The van der Waals surface area contributed by atoms with E-state index >= 15 is 0 Å². The summed E-state index contributed by atoms with van der Waals surface area (Å²) in [5, 5.41) is 0. The summed E-state index contributed by atoms with van der Waals surface area (Å²) in [4.78, 5) is 0. The molecule has 5 heteroatoms. The van der Waals surface area contributed by atoms with Crippen LogP contribution in [0.3, 0.4) is 0 Å². The molecule has 1 aliphatic rings. The van der Waals surface area contributed by atoms with Crippen LogP contribution < -0.4 is 15.2 Å². The molecular weight excluding hydrogens is 310 g/mol. The van der Waals surface area contributed by atoms with E-state index in [1.54, 1.807) is 7.11 Å². The molecule has 0 atom stereocenters. The molecule has 2 rings (SSSR count). The average Bonchev–Trinajstić information content (AvgIpc) is 3.20. The van der Waals surface area contributed by atoms with Gasteiger partial charge in [-0.1, -0.05) is 0 Å². The number of benzene rings is 1. The normalized spacial score (nSPS) is 14.5. The summed E-state index contributed by atoms with van der Waals surface area (Å²) >= 11 is 3.50. The first kappa shape index (κ1) is 14.6. The molecule has 1 aromatic carbocycles. The molecule has 0 saturated heterocycles. The molecule has 19 heavy (non-hydrogen) atoms. The van der Waals surface area contributed by atoms with Gasteiger partial charge in [0.2, 0.25) is 0 Å². The molecule has 0 aliphatic heterocycles. The maximum Gasteiger partial charge on any atom is 0.189 e. The van der Waals surface area contributed by atoms with Gasteiger partial charge >= 0.3 is 0 Å². The van der Waals surface area contributed by atoms with E-state index in [4.69, 9.17) is 19.9 Å². The van der Waals surface area contributed by atoms with E-state index in [1.807, 2.05) is 12.1 Å². The van der Waals surface area contributed by atoms with Gasteiger partial charge in [0.05, 0.1) is 18.2 Å². The fourth-order valence-electron chi connectivity index (χ4n) is 1.82. The molecule has 0 radical (unpaired) electrons. The van der Waals surface area contributed by atoms with Crippen molar-refractivity contribution >= 4 is 15.9 Å². The van der Waals surface area contributed by atoms with Crippen molar-refractivity contribution in [3.8, 4) is 11.5 Å². The predicted molar refractivity (Wildman–Crippen MR) is 77.6 cm³/mol. The molecule has 0 heterocycles. The Morgan fingerprint density at radius 2 is 2.16 bits per heavy atom. The van der Waals surface area contributed by atoms with Gasteiger partial charge in [-0.3, -0.25) is 0 Å². The SMILES string of the molecule is COc1cc(CCN)cc(Br)c1OCOCC1CC1. The van der Waals surface area contributed by atoms with Crippen LogP contribution in [-0.4, -0.2) is 27.1 Å². The Kier molecular flexibility index (Phi) is 5.48. The second-order valence-corrected chi connectivity index (χ2v) is 5.58. The Bertz CT molecular complexity index is 421. The smallest absolute Gasteiger partial charge is 0.189 e. The van der Waals surface area contributed by atoms with Crippen molar-refractivity contribution in [3.63, 3.8) is 0 Å². The maximum absolute atomic E-state index is 5.64. The second kappa shape index (κ2) is 7.12. The number of hydrogen-bond donors (Lipinski definition) is 1. The molecule has 2 N–H and O–H groups in total. The van der Waals surface area contributed by atoms with Crippen molar-refractivity contribution in [2.24, 2.45) is 11.7 Å². The second-order valence-electron chi connectivity index (χ2n) is 4.72. The number of hydrogen-bond acceptors (Lipinski definition) is 4. The Balaban J connectivity index is 1.96. The van der Waals surface area contributed by atoms with Crippen molar-refractivity contribution in [1.29, 1.82) is 0 Å². The third-order valence-corrected chi connectivity index (χ3v) is 3.65. The summed E-state index contributed by atoms with van der Waals surface area (Å²) in [6, 6.07) is 3.96. The van der Waals surface area contributed by atoms with Crippen molar-refractivity contribution in [3.05, 3.63) is 22.2 Å². The van der Waals surface area contributed by atoms with Crippen LogP contribution in [0.1, 0.15) is 18.4 Å². The molecule has 0 aromatic heterocycles. The fourth-order valence-corrected chi connectivity index (χ4v) is 2.43. The van der Waals surface area contributed by atoms with E-state index in [1.165, 1.54) is 12.8 Å². The Hall–Kier alpha value is -0.780. The van der Waals surface area contributed by atoms with Gasteiger partial charge in [-0.15, -0.1) is 0 Å². The first-order valence-electron chi connectivity index (χ1n) is 6.51. The molecular formula is C14H20BrNO3. The number of halogens is 1. The summed E-state index contributed by atoms with van der Waals surface area (Å²) in [5.41, 5.74) is 6.69. The highest BCUT2D eigenvalue weighted by Gasteiger charge is 2.21. The van der Waals surface area contributed by atoms with Gasteiger partial charge in [-0.25, -0.2) is 0 Å². The lowest BCUT2D eigenvalue weighted by Gasteiger charge is -2.14. The van der Waals surface area contributed by atoms with E-state index in [2.05, 4.69) is 15.9 Å². The molecule has 106 valence electrons. The van der Waals surface area contributed by atoms with Gasteiger partial charge in [-0.2, -0.15) is 0 Å². The van der Waals surface area contributed by atoms with Gasteiger partial charge in [-0.05, 0) is 65.4 Å². The zero-order valence-electron chi connectivity index (χ0n) is 11.2. The van der Waals surface area contributed by atoms with Crippen LogP contribution in [-0.2, 0) is 11.2 Å². The first-order chi connectivity index (χ1) is 9.24. The third-order valence-electron chi connectivity index (χ3n) is 3.06. The minimum atomic E-state index is 0.252. The van der Waals surface area contributed by atoms with Crippen molar-refractivity contribution in [2.45, 2.75) is 19.3 Å². The van der Waals surface area contributed by atoms with Crippen molar-refractivity contribution in [1.82, 2.24) is 0 Å². The minimum absolute atomic E-state index is 0.252. The van der Waals surface area contributed by atoms with Gasteiger partial charge < -0.3 is 19.9 Å². The van der Waals surface area contributed by atoms with Gasteiger partial charge in [0.1, 0.15) is 0 Å². The molecule has 0 amide bonds. The highest BCUT2D eigenvalue weighted by atomic mass is 79.9. The lowest BCUT2D eigenvalue weighted by molar-refractivity contribution is 0.00821. The van der Waals surface area contributed by atoms with E-state index in [0.717, 1.165) is 29.0 Å². The highest BCUT2D eigenvalue weighted by molar-refractivity contribution is 9.10. The molecule has 0 spiro atoms. The lowest BCUT2D eigenvalue weighted by atomic mass is 10.1. The highest BCUT2D eigenvalue weighted by Crippen LogP contribution is 2.37. The Labute approximate surface area is 122 Å². The van der Waals surface area contributed by atoms with Crippen molar-refractivity contribution < 1.29 is 14.2 Å². The lowest BCUT2D eigenvalue weighted by Crippen LogP contribution is -2.07. The molecule has 1 fully saturated rings. The van der Waals surface area contributed by atoms with E-state index in [9.17, 15) is 0 Å². The monoisotopic (exact) mass is 329 g/mol. The topological polar surface area (TPSA) is 53.7 Å². The van der Waals surface area contributed by atoms with E-state index in [0.29, 0.717) is 18.0 Å². The summed E-state index contributed by atoms with van der Waals surface area (Å²) in [7, 11) is 1.63. The third kappa shape index (κ3) is 4.37. The zero-order chi connectivity index (χ0) is 13.7. The van der Waals surface area contributed by atoms with Crippen LogP contribution in [0.4, 0.5) is 0 Å². The summed E-state index contributed by atoms with van der Waals surface area (Å²) < 4.78 is 17.3. The standard InChI is InChI=1S/C14H20BrNO3/c1-17-13-7-11(4-5-16)6-12(15)14(13)19-9-18-8-10-2-3-10/h6-7,10H,2-5,8-9,16H2,1H3. The van der Waals surface area contributed by atoms with E-state index < -0.39 is 0 Å². The number of nitrogens with two attached hydrogens (primary N) is 1. The predicted octanol–water partition coefficient (Wildman–Crippen LogP) is 2.72. The zero-order valence-corrected chi connectivity index (χ0v) is 12.7. The number of ether oxygens (including phenoxy) is 3. The van der Waals surface area contributed by atoms with Crippen LogP contribution in [0.2, 0.25) is 0 Å². The minimum Gasteiger partial charge on any atom is -0.493 e. The van der Waals surface area contributed by atoms with Gasteiger partial charge in [0.25, 0.3) is 0 Å². The largest absolute Gasteiger partial charge is 0.493 e. The molecule has 0 unspecified atom stereocenters. The summed E-state index contributed by atoms with van der Waals surface area (Å²) in [6.45, 7) is 1.65. The van der Waals surface area contributed by atoms with Crippen LogP contribution in [0.5, 0.6) is 11.5 Å². The van der Waals surface area contributed by atoms with Crippen LogP contribution in [0.25, 0.3) is 0 Å². The fraction of sp³-hybridized carbons (Fsp3) is 0.571. The summed E-state index contributed by atoms with van der Waals surface area (Å²) in [5.74, 6) is 2.12. The quantitative estimate of drug-likeness (QED) is 0.588. The van der Waals surface area contributed by atoms with Crippen LogP contribution in [0.15, 0.2) is 16.6 Å². The van der Waals surface area contributed by atoms with Crippen molar-refractivity contribution in [2.75, 3.05) is 27.1 Å². The number of methoxy groups -OCH3 is 1. The maximum atomic E-state index is 5.64. The Morgan fingerprint density at radius 1 is 1.37 bits per heavy atom. The molecule has 1 aliphatic carbocycles. The van der Waals surface area contributed by atoms with Crippen LogP contribution in [0, 0.1) is 5.92 Å².